The van der Waals surface area contributed by atoms with Crippen LogP contribution in [0.15, 0.2) is 65.1 Å². The van der Waals surface area contributed by atoms with Crippen molar-refractivity contribution in [3.63, 3.8) is 0 Å². The maximum atomic E-state index is 14.3. The van der Waals surface area contributed by atoms with Gasteiger partial charge in [-0.25, -0.2) is 18.0 Å². The minimum atomic E-state index is -1.17. The molecule has 0 aliphatic heterocycles. The Morgan fingerprint density at radius 3 is 2.32 bits per heavy atom. The molecule has 194 valence electrons. The second-order valence-electron chi connectivity index (χ2n) is 9.22. The van der Waals surface area contributed by atoms with Gasteiger partial charge >= 0.3 is 6.03 Å². The third-order valence-corrected chi connectivity index (χ3v) is 6.47. The van der Waals surface area contributed by atoms with Crippen LogP contribution in [0.4, 0.5) is 23.7 Å². The second kappa shape index (κ2) is 12.0. The number of nitrogens with one attached hydrogen (secondary N) is 1. The largest absolute Gasteiger partial charge is 0.459 e. The number of unbranched alkanes of at least 4 members (excludes halogenated alkanes) is 4. The van der Waals surface area contributed by atoms with Crippen molar-refractivity contribution in [2.24, 2.45) is 0 Å². The van der Waals surface area contributed by atoms with Crippen molar-refractivity contribution in [2.75, 3.05) is 11.9 Å². The van der Waals surface area contributed by atoms with E-state index in [9.17, 15) is 18.0 Å². The minimum Gasteiger partial charge on any atom is -0.459 e. The summed E-state index contributed by atoms with van der Waals surface area (Å²) in [6.07, 6.45) is 4.86. The van der Waals surface area contributed by atoms with Crippen LogP contribution in [0.25, 0.3) is 22.1 Å². The van der Waals surface area contributed by atoms with Crippen molar-refractivity contribution in [1.82, 2.24) is 4.90 Å². The van der Waals surface area contributed by atoms with Crippen LogP contribution in [0.1, 0.15) is 50.4 Å². The summed E-state index contributed by atoms with van der Waals surface area (Å²) in [4.78, 5) is 14.8. The number of hydrogen-bond acceptors (Lipinski definition) is 2. The third-order valence-electron chi connectivity index (χ3n) is 6.47. The number of urea groups is 1. The van der Waals surface area contributed by atoms with Crippen LogP contribution < -0.4 is 5.32 Å². The molecule has 37 heavy (non-hydrogen) atoms. The van der Waals surface area contributed by atoms with Crippen molar-refractivity contribution in [2.45, 2.75) is 52.5 Å². The minimum absolute atomic E-state index is 0.0996. The van der Waals surface area contributed by atoms with Gasteiger partial charge in [-0.1, -0.05) is 75.1 Å². The lowest BCUT2D eigenvalue weighted by Gasteiger charge is -2.23. The lowest BCUT2D eigenvalue weighted by Crippen LogP contribution is -2.36. The molecule has 3 aromatic carbocycles. The summed E-state index contributed by atoms with van der Waals surface area (Å²) in [6.45, 7) is 4.60. The normalized spacial score (nSPS) is 11.2. The van der Waals surface area contributed by atoms with Crippen LogP contribution in [0.3, 0.4) is 0 Å². The van der Waals surface area contributed by atoms with Gasteiger partial charge in [-0.2, -0.15) is 0 Å². The number of nitrogens with zero attached hydrogens (tertiary/aromatic N) is 1. The van der Waals surface area contributed by atoms with E-state index < -0.39 is 29.2 Å². The number of rotatable bonds is 10. The van der Waals surface area contributed by atoms with E-state index in [-0.39, 0.29) is 6.54 Å². The number of aryl methyl sites for hydroxylation is 1. The molecule has 0 atom stereocenters. The Hall–Kier alpha value is -3.74. The first-order chi connectivity index (χ1) is 17.9. The molecule has 0 saturated heterocycles. The number of fused-ring (bicyclic) bond motifs is 1. The Bertz CT molecular complexity index is 1360. The van der Waals surface area contributed by atoms with E-state index in [1.165, 1.54) is 4.90 Å². The summed E-state index contributed by atoms with van der Waals surface area (Å²) in [5.41, 5.74) is 2.94. The maximum Gasteiger partial charge on any atom is 0.322 e. The first-order valence-electron chi connectivity index (χ1n) is 12.7. The number of carbonyl (C=O) groups excluding carboxylic acids is 1. The summed E-state index contributed by atoms with van der Waals surface area (Å²) in [6, 6.07) is 16.0. The van der Waals surface area contributed by atoms with Crippen LogP contribution in [-0.4, -0.2) is 17.5 Å². The molecule has 4 aromatic rings. The van der Waals surface area contributed by atoms with E-state index in [2.05, 4.69) is 12.2 Å². The van der Waals surface area contributed by atoms with Gasteiger partial charge in [0.1, 0.15) is 22.8 Å². The zero-order valence-electron chi connectivity index (χ0n) is 21.1. The van der Waals surface area contributed by atoms with Crippen LogP contribution in [0, 0.1) is 24.4 Å². The molecule has 4 rings (SSSR count). The van der Waals surface area contributed by atoms with Gasteiger partial charge in [0.05, 0.1) is 6.54 Å². The summed E-state index contributed by atoms with van der Waals surface area (Å²) in [7, 11) is 0. The molecule has 0 aliphatic carbocycles. The second-order valence-corrected chi connectivity index (χ2v) is 9.22. The lowest BCUT2D eigenvalue weighted by molar-refractivity contribution is 0.203. The van der Waals surface area contributed by atoms with E-state index >= 15 is 0 Å². The van der Waals surface area contributed by atoms with Gasteiger partial charge in [-0.05, 0) is 30.5 Å². The fourth-order valence-electron chi connectivity index (χ4n) is 4.54. The Labute approximate surface area is 215 Å². The zero-order chi connectivity index (χ0) is 26.4. The molecule has 0 unspecified atom stereocenters. The van der Waals surface area contributed by atoms with Gasteiger partial charge in [-0.3, -0.25) is 0 Å². The molecular formula is C30H31F3N2O2. The number of halogens is 3. The van der Waals surface area contributed by atoms with E-state index in [0.717, 1.165) is 54.2 Å². The monoisotopic (exact) mass is 508 g/mol. The van der Waals surface area contributed by atoms with Gasteiger partial charge in [0, 0.05) is 29.6 Å². The molecule has 0 aliphatic rings. The highest BCUT2D eigenvalue weighted by Crippen LogP contribution is 2.37. The molecule has 1 heterocycles. The standard InChI is InChI=1S/C30H31F3N2O2/c1-3-4-5-6-11-16-35(30(36)34-29-24(32)17-21(31)18-25(29)33)19-27-28(22-13-8-7-12-20(22)2)23-14-9-10-15-26(23)37-27/h7-10,12-15,17-18H,3-6,11,16,19H2,1-2H3,(H,34,36). The average molecular weight is 509 g/mol. The Kier molecular flexibility index (Phi) is 8.54. The van der Waals surface area contributed by atoms with Crippen molar-refractivity contribution >= 4 is 22.7 Å². The van der Waals surface area contributed by atoms with Gasteiger partial charge < -0.3 is 14.6 Å². The van der Waals surface area contributed by atoms with Gasteiger partial charge in [0.25, 0.3) is 0 Å². The highest BCUT2D eigenvalue weighted by atomic mass is 19.1. The smallest absolute Gasteiger partial charge is 0.322 e. The molecule has 4 nitrogen and oxygen atoms in total. The van der Waals surface area contributed by atoms with Crippen LogP contribution in [-0.2, 0) is 6.54 Å². The van der Waals surface area contributed by atoms with E-state index in [1.807, 2.05) is 55.5 Å². The number of para-hydroxylation sites is 1. The number of furan rings is 1. The van der Waals surface area contributed by atoms with Crippen molar-refractivity contribution in [3.05, 3.63) is 89.4 Å². The third kappa shape index (κ3) is 6.16. The first-order valence-corrected chi connectivity index (χ1v) is 12.7. The highest BCUT2D eigenvalue weighted by Gasteiger charge is 2.24. The predicted octanol–water partition coefficient (Wildman–Crippen LogP) is 8.83. The fraction of sp³-hybridized carbons (Fsp3) is 0.300. The maximum absolute atomic E-state index is 14.3. The highest BCUT2D eigenvalue weighted by molar-refractivity contribution is 5.97. The Morgan fingerprint density at radius 1 is 0.919 bits per heavy atom. The molecule has 0 spiro atoms. The van der Waals surface area contributed by atoms with E-state index in [1.54, 1.807) is 0 Å². The van der Waals surface area contributed by atoms with Crippen molar-refractivity contribution in [3.8, 4) is 11.1 Å². The fourth-order valence-corrected chi connectivity index (χ4v) is 4.54. The quantitative estimate of drug-likeness (QED) is 0.218. The number of amides is 2. The molecule has 1 aromatic heterocycles. The summed E-state index contributed by atoms with van der Waals surface area (Å²) in [5.74, 6) is -2.80. The summed E-state index contributed by atoms with van der Waals surface area (Å²) < 4.78 is 48.2. The molecule has 7 heteroatoms. The van der Waals surface area contributed by atoms with Gasteiger partial charge in [0.15, 0.2) is 11.6 Å². The lowest BCUT2D eigenvalue weighted by atomic mass is 9.97. The zero-order valence-corrected chi connectivity index (χ0v) is 21.1. The number of carbonyl (C=O) groups is 1. The number of benzene rings is 3. The van der Waals surface area contributed by atoms with Crippen LogP contribution in [0.2, 0.25) is 0 Å². The van der Waals surface area contributed by atoms with Crippen molar-refractivity contribution in [1.29, 1.82) is 0 Å². The topological polar surface area (TPSA) is 45.5 Å². The molecule has 0 fully saturated rings. The Balaban J connectivity index is 1.68. The molecule has 2 amide bonds. The SMILES string of the molecule is CCCCCCCN(Cc1oc2ccccc2c1-c1ccccc1C)C(=O)Nc1c(F)cc(F)cc1F. The molecular weight excluding hydrogens is 477 g/mol. The van der Waals surface area contributed by atoms with Gasteiger partial charge in [0.2, 0.25) is 0 Å². The molecule has 0 saturated carbocycles. The summed E-state index contributed by atoms with van der Waals surface area (Å²) >= 11 is 0. The van der Waals surface area contributed by atoms with Crippen LogP contribution in [0.5, 0.6) is 0 Å². The summed E-state index contributed by atoms with van der Waals surface area (Å²) in [5, 5.41) is 3.23. The number of hydrogen-bond donors (Lipinski definition) is 1. The van der Waals surface area contributed by atoms with Gasteiger partial charge in [-0.15, -0.1) is 0 Å². The van der Waals surface area contributed by atoms with Crippen molar-refractivity contribution < 1.29 is 22.4 Å². The molecule has 0 bridgehead atoms. The number of anilines is 1. The van der Waals surface area contributed by atoms with E-state index in [4.69, 9.17) is 4.42 Å². The van der Waals surface area contributed by atoms with E-state index in [0.29, 0.717) is 30.0 Å². The average Bonchev–Trinajstić information content (AvgIpc) is 3.23. The van der Waals surface area contributed by atoms with Crippen LogP contribution >= 0.6 is 0 Å². The predicted molar refractivity (Wildman–Crippen MR) is 141 cm³/mol. The Morgan fingerprint density at radius 2 is 1.59 bits per heavy atom. The molecule has 1 N–H and O–H groups in total. The molecule has 0 radical (unpaired) electrons. The first kappa shape index (κ1) is 26.3.